The third kappa shape index (κ3) is 4.17. The summed E-state index contributed by atoms with van der Waals surface area (Å²) in [5.74, 6) is 0.198. The summed E-state index contributed by atoms with van der Waals surface area (Å²) in [5, 5.41) is 2.91. The predicted octanol–water partition coefficient (Wildman–Crippen LogP) is 2.87. The van der Waals surface area contributed by atoms with Crippen LogP contribution in [0, 0.1) is 5.41 Å². The molecule has 2 rings (SSSR count). The van der Waals surface area contributed by atoms with Crippen LogP contribution in [0.2, 0.25) is 0 Å². The van der Waals surface area contributed by atoms with Crippen molar-refractivity contribution in [3.8, 4) is 0 Å². The van der Waals surface area contributed by atoms with Gasteiger partial charge in [0.25, 0.3) is 0 Å². The number of amides is 1. The van der Waals surface area contributed by atoms with Crippen LogP contribution in [-0.2, 0) is 4.79 Å². The maximum absolute atomic E-state index is 12.4. The number of carbonyl (C=O) groups is 2. The summed E-state index contributed by atoms with van der Waals surface area (Å²) in [5.41, 5.74) is 0.322. The zero-order valence-corrected chi connectivity index (χ0v) is 14.8. The van der Waals surface area contributed by atoms with Crippen molar-refractivity contribution in [2.75, 3.05) is 26.2 Å². The van der Waals surface area contributed by atoms with Crippen molar-refractivity contribution in [1.29, 1.82) is 0 Å². The molecular formula is C17H23BrN2O2. The van der Waals surface area contributed by atoms with Crippen molar-refractivity contribution < 1.29 is 9.59 Å². The molecule has 1 fully saturated rings. The van der Waals surface area contributed by atoms with Crippen LogP contribution in [0.5, 0.6) is 0 Å². The Balaban J connectivity index is 1.99. The minimum Gasteiger partial charge on any atom is -0.356 e. The molecule has 5 heteroatoms. The zero-order valence-electron chi connectivity index (χ0n) is 13.2. The Labute approximate surface area is 140 Å². The van der Waals surface area contributed by atoms with Gasteiger partial charge in [-0.15, -0.1) is 0 Å². The van der Waals surface area contributed by atoms with Gasteiger partial charge in [0.05, 0.1) is 12.0 Å². The molecule has 1 aliphatic heterocycles. The first kappa shape index (κ1) is 17.2. The molecule has 1 amide bonds. The summed E-state index contributed by atoms with van der Waals surface area (Å²) in [7, 11) is 0. The normalized spacial score (nSPS) is 22.3. The van der Waals surface area contributed by atoms with E-state index in [4.69, 9.17) is 0 Å². The highest BCUT2D eigenvalue weighted by Gasteiger charge is 2.37. The van der Waals surface area contributed by atoms with Crippen LogP contribution in [0.1, 0.15) is 37.0 Å². The SMILES string of the molecule is CCNC(=O)C1(C)CCCN(CC(=O)c2ccc(Br)cc2)C1. The molecule has 1 N–H and O–H groups in total. The number of carbonyl (C=O) groups excluding carboxylic acids is 2. The van der Waals surface area contributed by atoms with Gasteiger partial charge >= 0.3 is 0 Å². The van der Waals surface area contributed by atoms with Gasteiger partial charge in [-0.1, -0.05) is 28.1 Å². The van der Waals surface area contributed by atoms with Crippen LogP contribution in [-0.4, -0.2) is 42.8 Å². The van der Waals surface area contributed by atoms with Crippen molar-refractivity contribution in [3.63, 3.8) is 0 Å². The Morgan fingerprint density at radius 1 is 1.32 bits per heavy atom. The van der Waals surface area contributed by atoms with Gasteiger partial charge in [-0.05, 0) is 45.4 Å². The molecule has 0 radical (unpaired) electrons. The van der Waals surface area contributed by atoms with E-state index in [1.807, 2.05) is 38.1 Å². The number of likely N-dealkylation sites (tertiary alicyclic amines) is 1. The van der Waals surface area contributed by atoms with Gasteiger partial charge in [0.15, 0.2) is 5.78 Å². The van der Waals surface area contributed by atoms with Gasteiger partial charge in [-0.25, -0.2) is 0 Å². The van der Waals surface area contributed by atoms with Gasteiger partial charge in [0, 0.05) is 23.1 Å². The monoisotopic (exact) mass is 366 g/mol. The fourth-order valence-corrected chi connectivity index (χ4v) is 3.23. The molecule has 1 saturated heterocycles. The summed E-state index contributed by atoms with van der Waals surface area (Å²) >= 11 is 3.37. The second kappa shape index (κ2) is 7.38. The Hall–Kier alpha value is -1.20. The maximum Gasteiger partial charge on any atom is 0.227 e. The molecule has 22 heavy (non-hydrogen) atoms. The minimum absolute atomic E-state index is 0.0933. The number of hydrogen-bond donors (Lipinski definition) is 1. The molecule has 1 unspecified atom stereocenters. The van der Waals surface area contributed by atoms with Gasteiger partial charge in [-0.2, -0.15) is 0 Å². The number of piperidine rings is 1. The van der Waals surface area contributed by atoms with Gasteiger partial charge in [0.2, 0.25) is 5.91 Å². The lowest BCUT2D eigenvalue weighted by Crippen LogP contribution is -2.51. The van der Waals surface area contributed by atoms with Gasteiger partial charge in [-0.3, -0.25) is 14.5 Å². The number of nitrogens with zero attached hydrogens (tertiary/aromatic N) is 1. The van der Waals surface area contributed by atoms with Crippen molar-refractivity contribution >= 4 is 27.6 Å². The van der Waals surface area contributed by atoms with Crippen LogP contribution in [0.4, 0.5) is 0 Å². The second-order valence-corrected chi connectivity index (χ2v) is 7.08. The first-order valence-corrected chi connectivity index (χ1v) is 8.53. The van der Waals surface area contributed by atoms with E-state index < -0.39 is 5.41 Å². The Bertz CT molecular complexity index is 544. The Kier molecular flexibility index (Phi) is 5.75. The van der Waals surface area contributed by atoms with E-state index in [0.717, 1.165) is 23.9 Å². The number of rotatable bonds is 5. The van der Waals surface area contributed by atoms with Gasteiger partial charge < -0.3 is 5.32 Å². The second-order valence-electron chi connectivity index (χ2n) is 6.16. The Morgan fingerprint density at radius 2 is 2.00 bits per heavy atom. The molecule has 0 aromatic heterocycles. The summed E-state index contributed by atoms with van der Waals surface area (Å²) < 4.78 is 0.964. The summed E-state index contributed by atoms with van der Waals surface area (Å²) in [6.07, 6.45) is 1.82. The molecule has 0 spiro atoms. The summed E-state index contributed by atoms with van der Waals surface area (Å²) in [6, 6.07) is 7.42. The largest absolute Gasteiger partial charge is 0.356 e. The quantitative estimate of drug-likeness (QED) is 0.815. The highest BCUT2D eigenvalue weighted by molar-refractivity contribution is 9.10. The van der Waals surface area contributed by atoms with E-state index in [0.29, 0.717) is 25.2 Å². The third-order valence-electron chi connectivity index (χ3n) is 4.19. The van der Waals surface area contributed by atoms with E-state index >= 15 is 0 Å². The van der Waals surface area contributed by atoms with E-state index in [1.54, 1.807) is 0 Å². The molecule has 4 nitrogen and oxygen atoms in total. The van der Waals surface area contributed by atoms with Crippen LogP contribution >= 0.6 is 15.9 Å². The van der Waals surface area contributed by atoms with Crippen LogP contribution < -0.4 is 5.32 Å². The van der Waals surface area contributed by atoms with Crippen LogP contribution in [0.3, 0.4) is 0 Å². The van der Waals surface area contributed by atoms with Crippen molar-refractivity contribution in [2.24, 2.45) is 5.41 Å². The number of ketones is 1. The zero-order chi connectivity index (χ0) is 16.2. The first-order chi connectivity index (χ1) is 10.4. The average Bonchev–Trinajstić information content (AvgIpc) is 2.48. The molecule has 0 saturated carbocycles. The van der Waals surface area contributed by atoms with E-state index in [9.17, 15) is 9.59 Å². The van der Waals surface area contributed by atoms with E-state index in [2.05, 4.69) is 26.1 Å². The number of nitrogens with one attached hydrogen (secondary N) is 1. The maximum atomic E-state index is 12.4. The van der Waals surface area contributed by atoms with Crippen molar-refractivity contribution in [1.82, 2.24) is 10.2 Å². The Morgan fingerprint density at radius 3 is 2.64 bits per heavy atom. The van der Waals surface area contributed by atoms with Crippen LogP contribution in [0.25, 0.3) is 0 Å². The lowest BCUT2D eigenvalue weighted by Gasteiger charge is -2.39. The highest BCUT2D eigenvalue weighted by atomic mass is 79.9. The molecule has 120 valence electrons. The van der Waals surface area contributed by atoms with E-state index in [-0.39, 0.29) is 11.7 Å². The molecule has 1 atom stereocenters. The fourth-order valence-electron chi connectivity index (χ4n) is 2.97. The number of hydrogen-bond acceptors (Lipinski definition) is 3. The lowest BCUT2D eigenvalue weighted by atomic mass is 9.81. The lowest BCUT2D eigenvalue weighted by molar-refractivity contribution is -0.133. The third-order valence-corrected chi connectivity index (χ3v) is 4.72. The number of Topliss-reactive ketones (excluding diaryl/α,β-unsaturated/α-hetero) is 1. The molecule has 0 bridgehead atoms. The average molecular weight is 367 g/mol. The molecule has 1 heterocycles. The molecule has 1 aliphatic rings. The molecular weight excluding hydrogens is 344 g/mol. The molecule has 1 aromatic carbocycles. The topological polar surface area (TPSA) is 49.4 Å². The number of halogens is 1. The van der Waals surface area contributed by atoms with Gasteiger partial charge in [0.1, 0.15) is 0 Å². The highest BCUT2D eigenvalue weighted by Crippen LogP contribution is 2.29. The van der Waals surface area contributed by atoms with Crippen LogP contribution in [0.15, 0.2) is 28.7 Å². The fraction of sp³-hybridized carbons (Fsp3) is 0.529. The summed E-state index contributed by atoms with van der Waals surface area (Å²) in [6.45, 7) is 6.45. The standard InChI is InChI=1S/C17H23BrN2O2/c1-3-19-16(22)17(2)9-4-10-20(12-17)11-15(21)13-5-7-14(18)8-6-13/h5-8H,3-4,9-12H2,1-2H3,(H,19,22). The van der Waals surface area contributed by atoms with Crippen molar-refractivity contribution in [2.45, 2.75) is 26.7 Å². The minimum atomic E-state index is -0.395. The molecule has 1 aromatic rings. The summed E-state index contributed by atoms with van der Waals surface area (Å²) in [4.78, 5) is 26.7. The molecule has 0 aliphatic carbocycles. The first-order valence-electron chi connectivity index (χ1n) is 7.74. The van der Waals surface area contributed by atoms with Crippen molar-refractivity contribution in [3.05, 3.63) is 34.3 Å². The smallest absolute Gasteiger partial charge is 0.227 e. The van der Waals surface area contributed by atoms with E-state index in [1.165, 1.54) is 0 Å². The predicted molar refractivity (Wildman–Crippen MR) is 90.9 cm³/mol. The number of benzene rings is 1.